The van der Waals surface area contributed by atoms with Crippen LogP contribution in [0.1, 0.15) is 10.4 Å². The van der Waals surface area contributed by atoms with E-state index in [-0.39, 0.29) is 54.1 Å². The molecule has 0 aliphatic carbocycles. The van der Waals surface area contributed by atoms with Crippen LogP contribution in [-0.2, 0) is 14.8 Å². The van der Waals surface area contributed by atoms with Gasteiger partial charge in [-0.3, -0.25) is 4.79 Å². The summed E-state index contributed by atoms with van der Waals surface area (Å²) in [5.41, 5.74) is 0.122. The van der Waals surface area contributed by atoms with Crippen LogP contribution in [0.15, 0.2) is 41.4 Å². The molecule has 0 radical (unpaired) electrons. The van der Waals surface area contributed by atoms with Crippen molar-refractivity contribution in [3.8, 4) is 11.6 Å². The molecule has 1 aromatic carbocycles. The van der Waals surface area contributed by atoms with Crippen molar-refractivity contribution in [1.82, 2.24) is 9.29 Å². The van der Waals surface area contributed by atoms with E-state index >= 15 is 0 Å². The largest absolute Gasteiger partial charge is 0.496 e. The van der Waals surface area contributed by atoms with Crippen LogP contribution >= 0.6 is 0 Å². The highest BCUT2D eigenvalue weighted by atomic mass is 32.2. The summed E-state index contributed by atoms with van der Waals surface area (Å²) < 4.78 is 78.5. The molecule has 0 bridgehead atoms. The third kappa shape index (κ3) is 5.87. The molecule has 32 heavy (non-hydrogen) atoms. The lowest BCUT2D eigenvalue weighted by atomic mass is 10.2. The first kappa shape index (κ1) is 23.8. The lowest BCUT2D eigenvalue weighted by Crippen LogP contribution is -2.40. The summed E-state index contributed by atoms with van der Waals surface area (Å²) in [5.74, 6) is -0.815. The van der Waals surface area contributed by atoms with Crippen LogP contribution in [-0.4, -0.2) is 69.8 Å². The van der Waals surface area contributed by atoms with E-state index in [1.165, 1.54) is 35.7 Å². The number of nitrogens with zero attached hydrogens (tertiary/aromatic N) is 2. The standard InChI is InChI=1S/C19H20F3N3O6S/c1-29-16-4-3-14(32(27,28)25-6-8-30-9-7-25)10-15(16)18(26)24-13-2-5-17(23-11-13)31-12-19(20,21)22/h2-5,10-11H,6-9,12H2,1H3,(H,24,26). The van der Waals surface area contributed by atoms with Crippen LogP contribution in [0.3, 0.4) is 0 Å². The van der Waals surface area contributed by atoms with Crippen LogP contribution < -0.4 is 14.8 Å². The van der Waals surface area contributed by atoms with Crippen molar-refractivity contribution in [1.29, 1.82) is 0 Å². The quantitative estimate of drug-likeness (QED) is 0.655. The molecular weight excluding hydrogens is 455 g/mol. The molecule has 1 amide bonds. The first-order valence-corrected chi connectivity index (χ1v) is 10.8. The molecule has 2 heterocycles. The highest BCUT2D eigenvalue weighted by Gasteiger charge is 2.29. The molecule has 2 aromatic rings. The second-order valence-corrected chi connectivity index (χ2v) is 8.56. The number of nitrogens with one attached hydrogen (secondary N) is 1. The predicted octanol–water partition coefficient (Wildman–Crippen LogP) is 2.30. The maximum absolute atomic E-state index is 12.9. The summed E-state index contributed by atoms with van der Waals surface area (Å²) in [6.07, 6.45) is -3.39. The van der Waals surface area contributed by atoms with Gasteiger partial charge in [0.1, 0.15) is 5.75 Å². The Kier molecular flexibility index (Phi) is 7.21. The second kappa shape index (κ2) is 9.71. The topological polar surface area (TPSA) is 107 Å². The van der Waals surface area contributed by atoms with Crippen molar-refractivity contribution in [2.24, 2.45) is 0 Å². The minimum atomic E-state index is -4.50. The zero-order valence-corrected chi connectivity index (χ0v) is 17.7. The van der Waals surface area contributed by atoms with E-state index in [4.69, 9.17) is 9.47 Å². The van der Waals surface area contributed by atoms with Gasteiger partial charge in [-0.1, -0.05) is 0 Å². The van der Waals surface area contributed by atoms with Crippen molar-refractivity contribution in [2.45, 2.75) is 11.1 Å². The lowest BCUT2D eigenvalue weighted by molar-refractivity contribution is -0.154. The minimum absolute atomic E-state index is 0.0424. The average Bonchev–Trinajstić information content (AvgIpc) is 2.78. The van der Waals surface area contributed by atoms with Gasteiger partial charge in [0.2, 0.25) is 15.9 Å². The summed E-state index contributed by atoms with van der Waals surface area (Å²) in [4.78, 5) is 16.4. The molecule has 3 rings (SSSR count). The molecular formula is C19H20F3N3O6S. The van der Waals surface area contributed by atoms with E-state index in [1.54, 1.807) is 0 Å². The monoisotopic (exact) mass is 475 g/mol. The molecule has 1 aromatic heterocycles. The highest BCUT2D eigenvalue weighted by Crippen LogP contribution is 2.26. The summed E-state index contributed by atoms with van der Waals surface area (Å²) in [7, 11) is -2.51. The van der Waals surface area contributed by atoms with E-state index in [0.717, 1.165) is 12.3 Å². The normalized spacial score (nSPS) is 15.2. The number of anilines is 1. The Balaban J connectivity index is 1.77. The Bertz CT molecular complexity index is 1050. The number of methoxy groups -OCH3 is 1. The smallest absolute Gasteiger partial charge is 0.422 e. The minimum Gasteiger partial charge on any atom is -0.496 e. The fourth-order valence-electron chi connectivity index (χ4n) is 2.85. The van der Waals surface area contributed by atoms with Crippen LogP contribution in [0.25, 0.3) is 0 Å². The van der Waals surface area contributed by atoms with Crippen molar-refractivity contribution in [3.63, 3.8) is 0 Å². The van der Waals surface area contributed by atoms with Gasteiger partial charge in [0, 0.05) is 19.2 Å². The molecule has 13 heteroatoms. The van der Waals surface area contributed by atoms with Gasteiger partial charge in [0.25, 0.3) is 5.91 Å². The van der Waals surface area contributed by atoms with Gasteiger partial charge in [-0.15, -0.1) is 0 Å². The lowest BCUT2D eigenvalue weighted by Gasteiger charge is -2.26. The number of benzene rings is 1. The Morgan fingerprint density at radius 3 is 2.53 bits per heavy atom. The molecule has 1 saturated heterocycles. The molecule has 1 aliphatic rings. The number of hydrogen-bond donors (Lipinski definition) is 1. The Hall–Kier alpha value is -2.90. The van der Waals surface area contributed by atoms with Gasteiger partial charge in [-0.2, -0.15) is 17.5 Å². The fraction of sp³-hybridized carbons (Fsp3) is 0.368. The summed E-state index contributed by atoms with van der Waals surface area (Å²) in [6, 6.07) is 6.38. The molecule has 1 aliphatic heterocycles. The van der Waals surface area contributed by atoms with Crippen molar-refractivity contribution < 1.29 is 40.6 Å². The number of alkyl halides is 3. The maximum Gasteiger partial charge on any atom is 0.422 e. The van der Waals surface area contributed by atoms with Gasteiger partial charge in [-0.05, 0) is 24.3 Å². The Labute approximate surface area is 182 Å². The maximum atomic E-state index is 12.9. The number of amides is 1. The first-order valence-electron chi connectivity index (χ1n) is 9.33. The van der Waals surface area contributed by atoms with E-state index < -0.39 is 28.7 Å². The molecule has 0 atom stereocenters. The third-order valence-electron chi connectivity index (χ3n) is 4.40. The fourth-order valence-corrected chi connectivity index (χ4v) is 4.29. The highest BCUT2D eigenvalue weighted by molar-refractivity contribution is 7.89. The van der Waals surface area contributed by atoms with Gasteiger partial charge in [-0.25, -0.2) is 13.4 Å². The molecule has 1 fully saturated rings. The van der Waals surface area contributed by atoms with Gasteiger partial charge >= 0.3 is 6.18 Å². The van der Waals surface area contributed by atoms with Gasteiger partial charge in [0.15, 0.2) is 6.61 Å². The van der Waals surface area contributed by atoms with Crippen molar-refractivity contribution in [3.05, 3.63) is 42.1 Å². The number of hydrogen-bond acceptors (Lipinski definition) is 7. The molecule has 9 nitrogen and oxygen atoms in total. The van der Waals surface area contributed by atoms with Crippen molar-refractivity contribution in [2.75, 3.05) is 45.3 Å². The zero-order chi connectivity index (χ0) is 23.4. The van der Waals surface area contributed by atoms with E-state index in [1.807, 2.05) is 0 Å². The average molecular weight is 475 g/mol. The summed E-state index contributed by atoms with van der Waals surface area (Å²) in [5, 5.41) is 2.50. The van der Waals surface area contributed by atoms with E-state index in [9.17, 15) is 26.4 Å². The van der Waals surface area contributed by atoms with Crippen molar-refractivity contribution >= 4 is 21.6 Å². The number of carbonyl (C=O) groups is 1. The Morgan fingerprint density at radius 1 is 1.22 bits per heavy atom. The van der Waals surface area contributed by atoms with E-state index in [2.05, 4.69) is 15.0 Å². The summed E-state index contributed by atoms with van der Waals surface area (Å²) >= 11 is 0. The predicted molar refractivity (Wildman–Crippen MR) is 106 cm³/mol. The molecule has 0 unspecified atom stereocenters. The molecule has 0 saturated carbocycles. The third-order valence-corrected chi connectivity index (χ3v) is 6.30. The number of morpholine rings is 1. The number of halogens is 3. The van der Waals surface area contributed by atoms with Gasteiger partial charge in [0.05, 0.1) is 42.7 Å². The zero-order valence-electron chi connectivity index (χ0n) is 16.9. The van der Waals surface area contributed by atoms with E-state index in [0.29, 0.717) is 0 Å². The first-order chi connectivity index (χ1) is 15.1. The molecule has 0 spiro atoms. The van der Waals surface area contributed by atoms with Crippen LogP contribution in [0, 0.1) is 0 Å². The number of sulfonamides is 1. The van der Waals surface area contributed by atoms with Gasteiger partial charge < -0.3 is 19.5 Å². The molecule has 1 N–H and O–H groups in total. The number of pyridine rings is 1. The number of carbonyl (C=O) groups excluding carboxylic acids is 1. The van der Waals surface area contributed by atoms with Crippen LogP contribution in [0.5, 0.6) is 11.6 Å². The molecule has 174 valence electrons. The van der Waals surface area contributed by atoms with Crippen LogP contribution in [0.4, 0.5) is 18.9 Å². The number of rotatable bonds is 7. The Morgan fingerprint density at radius 2 is 1.94 bits per heavy atom. The number of aromatic nitrogens is 1. The number of ether oxygens (including phenoxy) is 3. The summed E-state index contributed by atoms with van der Waals surface area (Å²) in [6.45, 7) is -0.543. The SMILES string of the molecule is COc1ccc(S(=O)(=O)N2CCOCC2)cc1C(=O)Nc1ccc(OCC(F)(F)F)nc1. The second-order valence-electron chi connectivity index (χ2n) is 6.62. The van der Waals surface area contributed by atoms with Crippen LogP contribution in [0.2, 0.25) is 0 Å².